The van der Waals surface area contributed by atoms with Crippen LogP contribution in [-0.4, -0.2) is 30.6 Å². The first-order chi connectivity index (χ1) is 13.8. The number of pyridine rings is 1. The molecule has 0 radical (unpaired) electrons. The third-order valence-corrected chi connectivity index (χ3v) is 5.35. The fraction of sp³-hybridized carbons (Fsp3) is 0.333. The largest absolute Gasteiger partial charge is 0.346 e. The number of imidazole rings is 1. The Kier molecular flexibility index (Phi) is 4.70. The predicted molar refractivity (Wildman–Crippen MR) is 112 cm³/mol. The lowest BCUT2D eigenvalue weighted by molar-refractivity contribution is -0.121. The fourth-order valence-electron chi connectivity index (χ4n) is 3.85. The second-order valence-corrected chi connectivity index (χ2v) is 7.42. The standard InChI is InChI=1S/C21H24N6O2/c1-11-14(21(29)25-20-18(11)12(2)26-27(20)4)9-10-17(28)22-13(3)19-23-15-7-5-6-8-16(15)24-19/h5-8,13H,9-10H2,1-4H3,(H,22,28)(H,23,24)(H,25,29). The number of hydrogen-bond acceptors (Lipinski definition) is 4. The van der Waals surface area contributed by atoms with Crippen LogP contribution in [-0.2, 0) is 18.3 Å². The Morgan fingerprint density at radius 3 is 2.76 bits per heavy atom. The SMILES string of the molecule is Cc1nn(C)c2[nH]c(=O)c(CCC(=O)NC(C)c3nc4ccccc4[nH]3)c(C)c12. The highest BCUT2D eigenvalue weighted by Gasteiger charge is 2.17. The van der Waals surface area contributed by atoms with E-state index < -0.39 is 0 Å². The lowest BCUT2D eigenvalue weighted by Crippen LogP contribution is -2.28. The minimum absolute atomic E-state index is 0.125. The van der Waals surface area contributed by atoms with Gasteiger partial charge in [-0.1, -0.05) is 12.1 Å². The van der Waals surface area contributed by atoms with Gasteiger partial charge in [-0.3, -0.25) is 14.3 Å². The average molecular weight is 392 g/mol. The molecular weight excluding hydrogens is 368 g/mol. The highest BCUT2D eigenvalue weighted by atomic mass is 16.1. The molecule has 1 atom stereocenters. The maximum atomic E-state index is 12.5. The number of rotatable bonds is 5. The number of H-pyrrole nitrogens is 2. The van der Waals surface area contributed by atoms with E-state index in [2.05, 4.69) is 25.4 Å². The molecule has 8 nitrogen and oxygen atoms in total. The summed E-state index contributed by atoms with van der Waals surface area (Å²) in [5.41, 5.74) is 4.71. The van der Waals surface area contributed by atoms with Crippen molar-refractivity contribution in [2.75, 3.05) is 0 Å². The Labute approximate surface area is 167 Å². The topological polar surface area (TPSA) is 108 Å². The van der Waals surface area contributed by atoms with E-state index in [-0.39, 0.29) is 23.9 Å². The molecule has 3 aromatic heterocycles. The van der Waals surface area contributed by atoms with Crippen LogP contribution in [0.4, 0.5) is 0 Å². The number of aryl methyl sites for hydroxylation is 3. The summed E-state index contributed by atoms with van der Waals surface area (Å²) in [5.74, 6) is 0.584. The third-order valence-electron chi connectivity index (χ3n) is 5.35. The molecule has 1 aromatic carbocycles. The van der Waals surface area contributed by atoms with Crippen molar-refractivity contribution in [2.45, 2.75) is 39.7 Å². The molecule has 0 fully saturated rings. The zero-order valence-electron chi connectivity index (χ0n) is 17.0. The molecule has 0 aliphatic carbocycles. The second kappa shape index (κ2) is 7.20. The Morgan fingerprint density at radius 1 is 1.24 bits per heavy atom. The van der Waals surface area contributed by atoms with Crippen molar-refractivity contribution in [3.8, 4) is 0 Å². The summed E-state index contributed by atoms with van der Waals surface area (Å²) in [7, 11) is 1.80. The van der Waals surface area contributed by atoms with Crippen molar-refractivity contribution in [3.63, 3.8) is 0 Å². The van der Waals surface area contributed by atoms with Gasteiger partial charge in [0, 0.05) is 24.4 Å². The van der Waals surface area contributed by atoms with E-state index in [9.17, 15) is 9.59 Å². The Morgan fingerprint density at radius 2 is 2.00 bits per heavy atom. The molecule has 1 amide bonds. The van der Waals surface area contributed by atoms with E-state index in [1.807, 2.05) is 45.0 Å². The molecule has 0 spiro atoms. The molecule has 3 N–H and O–H groups in total. The molecule has 8 heteroatoms. The smallest absolute Gasteiger partial charge is 0.253 e. The van der Waals surface area contributed by atoms with Crippen molar-refractivity contribution in [1.82, 2.24) is 30.0 Å². The molecule has 4 rings (SSSR count). The maximum absolute atomic E-state index is 12.5. The molecule has 0 saturated carbocycles. The van der Waals surface area contributed by atoms with Crippen LogP contribution in [0.15, 0.2) is 29.1 Å². The fourth-order valence-corrected chi connectivity index (χ4v) is 3.85. The van der Waals surface area contributed by atoms with Crippen LogP contribution in [0.25, 0.3) is 22.1 Å². The number of aromatic nitrogens is 5. The van der Waals surface area contributed by atoms with Crippen molar-refractivity contribution < 1.29 is 4.79 Å². The summed E-state index contributed by atoms with van der Waals surface area (Å²) in [6.45, 7) is 5.72. The molecule has 0 bridgehead atoms. The van der Waals surface area contributed by atoms with Crippen LogP contribution >= 0.6 is 0 Å². The van der Waals surface area contributed by atoms with E-state index in [1.54, 1.807) is 11.7 Å². The minimum Gasteiger partial charge on any atom is -0.346 e. The van der Waals surface area contributed by atoms with E-state index in [4.69, 9.17) is 0 Å². The first-order valence-corrected chi connectivity index (χ1v) is 9.64. The maximum Gasteiger partial charge on any atom is 0.253 e. The predicted octanol–water partition coefficient (Wildman–Crippen LogP) is 2.56. The molecule has 150 valence electrons. The van der Waals surface area contributed by atoms with Crippen LogP contribution in [0, 0.1) is 13.8 Å². The summed E-state index contributed by atoms with van der Waals surface area (Å²) in [6.07, 6.45) is 0.587. The number of hydrogen-bond donors (Lipinski definition) is 3. The molecule has 0 saturated heterocycles. The Balaban J connectivity index is 1.48. The molecule has 4 aromatic rings. The first-order valence-electron chi connectivity index (χ1n) is 9.64. The number of aromatic amines is 2. The lowest BCUT2D eigenvalue weighted by atomic mass is 10.0. The number of amides is 1. The number of carbonyl (C=O) groups is 1. The normalized spacial score (nSPS) is 12.6. The van der Waals surface area contributed by atoms with E-state index in [0.717, 1.165) is 27.7 Å². The third kappa shape index (κ3) is 3.41. The van der Waals surface area contributed by atoms with E-state index in [1.165, 1.54) is 0 Å². The average Bonchev–Trinajstić information content (AvgIpc) is 3.22. The van der Waals surface area contributed by atoms with Gasteiger partial charge in [0.25, 0.3) is 5.56 Å². The van der Waals surface area contributed by atoms with Gasteiger partial charge >= 0.3 is 0 Å². The van der Waals surface area contributed by atoms with Crippen LogP contribution in [0.5, 0.6) is 0 Å². The van der Waals surface area contributed by atoms with Gasteiger partial charge in [-0.05, 0) is 44.9 Å². The Bertz CT molecular complexity index is 1250. The van der Waals surface area contributed by atoms with Crippen molar-refractivity contribution >= 4 is 28.0 Å². The van der Waals surface area contributed by atoms with Gasteiger partial charge in [-0.15, -0.1) is 0 Å². The van der Waals surface area contributed by atoms with Crippen molar-refractivity contribution in [3.05, 3.63) is 57.3 Å². The number of nitrogens with one attached hydrogen (secondary N) is 3. The van der Waals surface area contributed by atoms with Crippen LogP contribution in [0.2, 0.25) is 0 Å². The monoisotopic (exact) mass is 392 g/mol. The highest BCUT2D eigenvalue weighted by Crippen LogP contribution is 2.21. The number of nitrogens with zero attached hydrogens (tertiary/aromatic N) is 3. The minimum atomic E-state index is -0.252. The molecule has 0 aliphatic rings. The van der Waals surface area contributed by atoms with Crippen molar-refractivity contribution in [1.29, 1.82) is 0 Å². The molecule has 29 heavy (non-hydrogen) atoms. The lowest BCUT2D eigenvalue weighted by Gasteiger charge is -2.12. The quantitative estimate of drug-likeness (QED) is 0.485. The van der Waals surface area contributed by atoms with Gasteiger partial charge in [0.1, 0.15) is 11.5 Å². The van der Waals surface area contributed by atoms with Gasteiger partial charge in [-0.2, -0.15) is 5.10 Å². The summed E-state index contributed by atoms with van der Waals surface area (Å²) < 4.78 is 1.67. The van der Waals surface area contributed by atoms with Gasteiger partial charge in [-0.25, -0.2) is 4.98 Å². The number of para-hydroxylation sites is 2. The number of benzene rings is 1. The van der Waals surface area contributed by atoms with E-state index in [0.29, 0.717) is 23.5 Å². The second-order valence-electron chi connectivity index (χ2n) is 7.42. The van der Waals surface area contributed by atoms with Crippen LogP contribution < -0.4 is 10.9 Å². The Hall–Kier alpha value is -3.42. The first kappa shape index (κ1) is 18.9. The molecule has 1 unspecified atom stereocenters. The van der Waals surface area contributed by atoms with Gasteiger partial charge < -0.3 is 15.3 Å². The molecule has 3 heterocycles. The molecule has 0 aliphatic heterocycles. The summed E-state index contributed by atoms with van der Waals surface area (Å²) in [5, 5.41) is 8.28. The highest BCUT2D eigenvalue weighted by molar-refractivity contribution is 5.83. The van der Waals surface area contributed by atoms with E-state index >= 15 is 0 Å². The van der Waals surface area contributed by atoms with Gasteiger partial charge in [0.15, 0.2) is 0 Å². The summed E-state index contributed by atoms with van der Waals surface area (Å²) in [4.78, 5) is 35.7. The summed E-state index contributed by atoms with van der Waals surface area (Å²) >= 11 is 0. The zero-order valence-corrected chi connectivity index (χ0v) is 17.0. The van der Waals surface area contributed by atoms with Gasteiger partial charge in [0.05, 0.1) is 22.8 Å². The van der Waals surface area contributed by atoms with Gasteiger partial charge in [0.2, 0.25) is 5.91 Å². The number of fused-ring (bicyclic) bond motifs is 2. The molecular formula is C21H24N6O2. The summed E-state index contributed by atoms with van der Waals surface area (Å²) in [6, 6.07) is 7.49. The van der Waals surface area contributed by atoms with Crippen molar-refractivity contribution in [2.24, 2.45) is 7.05 Å². The van der Waals surface area contributed by atoms with Crippen LogP contribution in [0.1, 0.15) is 42.0 Å². The van der Waals surface area contributed by atoms with Crippen LogP contribution in [0.3, 0.4) is 0 Å². The zero-order chi connectivity index (χ0) is 20.7. The number of carbonyl (C=O) groups excluding carboxylic acids is 1.